The number of anilines is 2. The summed E-state index contributed by atoms with van der Waals surface area (Å²) in [5.74, 6) is 1.30. The second-order valence-electron chi connectivity index (χ2n) is 4.82. The van der Waals surface area contributed by atoms with Crippen LogP contribution in [0.4, 0.5) is 21.9 Å². The highest BCUT2D eigenvalue weighted by atomic mass is 16.6. The van der Waals surface area contributed by atoms with Gasteiger partial charge in [-0.3, -0.25) is 10.1 Å². The molecule has 0 unspecified atom stereocenters. The van der Waals surface area contributed by atoms with Crippen LogP contribution in [0.25, 0.3) is 0 Å². The van der Waals surface area contributed by atoms with E-state index in [1.807, 2.05) is 0 Å². The van der Waals surface area contributed by atoms with E-state index in [4.69, 9.17) is 14.2 Å². The molecule has 2 aromatic rings. The minimum absolute atomic E-state index is 0.167. The van der Waals surface area contributed by atoms with Crippen molar-refractivity contribution >= 4 is 23.1 Å². The van der Waals surface area contributed by atoms with Crippen LogP contribution in [0, 0.1) is 10.1 Å². The van der Waals surface area contributed by atoms with Crippen molar-refractivity contribution in [3.8, 4) is 17.2 Å². The maximum Gasteiger partial charge on any atom is 0.323 e. The second kappa shape index (κ2) is 7.86. The Bertz CT molecular complexity index is 771. The summed E-state index contributed by atoms with van der Waals surface area (Å²) in [6.45, 7) is 0. The summed E-state index contributed by atoms with van der Waals surface area (Å²) in [6.07, 6.45) is 0. The van der Waals surface area contributed by atoms with Crippen LogP contribution in [0.1, 0.15) is 0 Å². The van der Waals surface area contributed by atoms with Gasteiger partial charge < -0.3 is 24.8 Å². The Hall–Kier alpha value is -3.49. The van der Waals surface area contributed by atoms with Crippen molar-refractivity contribution in [2.24, 2.45) is 0 Å². The molecular weight excluding hydrogens is 330 g/mol. The smallest absolute Gasteiger partial charge is 0.323 e. The lowest BCUT2D eigenvalue weighted by atomic mass is 10.2. The van der Waals surface area contributed by atoms with Gasteiger partial charge in [-0.05, 0) is 6.07 Å². The van der Waals surface area contributed by atoms with Gasteiger partial charge in [-0.1, -0.05) is 0 Å². The molecule has 0 radical (unpaired) electrons. The fourth-order valence-corrected chi connectivity index (χ4v) is 2.07. The number of nitro benzene ring substituents is 1. The summed E-state index contributed by atoms with van der Waals surface area (Å²) in [5, 5.41) is 16.0. The van der Waals surface area contributed by atoms with Gasteiger partial charge in [0.2, 0.25) is 0 Å². The minimum atomic E-state index is -0.603. The third kappa shape index (κ3) is 4.50. The summed E-state index contributed by atoms with van der Waals surface area (Å²) in [7, 11) is 4.39. The summed E-state index contributed by atoms with van der Waals surface area (Å²) in [5.41, 5.74) is 0.432. The third-order valence-corrected chi connectivity index (χ3v) is 3.25. The Labute approximate surface area is 143 Å². The number of nitro groups is 1. The van der Waals surface area contributed by atoms with Gasteiger partial charge in [0, 0.05) is 36.0 Å². The molecule has 0 aliphatic carbocycles. The predicted octanol–water partition coefficient (Wildman–Crippen LogP) is 3.26. The lowest BCUT2D eigenvalue weighted by Gasteiger charge is -2.12. The number of amides is 2. The number of methoxy groups -OCH3 is 3. The highest BCUT2D eigenvalue weighted by Gasteiger charge is 2.14. The molecule has 9 heteroatoms. The Balaban J connectivity index is 2.20. The van der Waals surface area contributed by atoms with Crippen molar-refractivity contribution in [1.82, 2.24) is 0 Å². The van der Waals surface area contributed by atoms with Crippen LogP contribution in [0.15, 0.2) is 36.4 Å². The van der Waals surface area contributed by atoms with E-state index in [1.54, 1.807) is 18.2 Å². The monoisotopic (exact) mass is 347 g/mol. The summed E-state index contributed by atoms with van der Waals surface area (Å²) in [6, 6.07) is 8.17. The molecule has 0 saturated carbocycles. The number of benzene rings is 2. The number of hydrogen-bond acceptors (Lipinski definition) is 6. The normalized spacial score (nSPS) is 9.88. The largest absolute Gasteiger partial charge is 0.497 e. The number of nitrogens with zero attached hydrogens (tertiary/aromatic N) is 1. The zero-order chi connectivity index (χ0) is 18.4. The van der Waals surface area contributed by atoms with Gasteiger partial charge in [0.05, 0.1) is 31.9 Å². The number of carbonyl (C=O) groups is 1. The summed E-state index contributed by atoms with van der Waals surface area (Å²) < 4.78 is 15.4. The molecule has 0 bridgehead atoms. The number of nitrogens with one attached hydrogen (secondary N) is 2. The van der Waals surface area contributed by atoms with E-state index in [1.165, 1.54) is 39.5 Å². The molecule has 0 spiro atoms. The third-order valence-electron chi connectivity index (χ3n) is 3.25. The van der Waals surface area contributed by atoms with E-state index >= 15 is 0 Å². The number of carbonyl (C=O) groups excluding carboxylic acids is 1. The van der Waals surface area contributed by atoms with Gasteiger partial charge >= 0.3 is 6.03 Å². The van der Waals surface area contributed by atoms with Crippen LogP contribution in [-0.4, -0.2) is 32.3 Å². The molecule has 2 rings (SSSR count). The first kappa shape index (κ1) is 17.9. The Kier molecular flexibility index (Phi) is 5.62. The first-order valence-corrected chi connectivity index (χ1v) is 7.10. The number of hydrogen-bond donors (Lipinski definition) is 2. The van der Waals surface area contributed by atoms with Crippen LogP contribution >= 0.6 is 0 Å². The van der Waals surface area contributed by atoms with Crippen molar-refractivity contribution in [3.63, 3.8) is 0 Å². The molecule has 25 heavy (non-hydrogen) atoms. The number of ether oxygens (including phenoxy) is 3. The average molecular weight is 347 g/mol. The van der Waals surface area contributed by atoms with Crippen molar-refractivity contribution in [2.75, 3.05) is 32.0 Å². The zero-order valence-corrected chi connectivity index (χ0v) is 13.9. The molecule has 0 saturated heterocycles. The van der Waals surface area contributed by atoms with Crippen LogP contribution in [-0.2, 0) is 0 Å². The molecule has 0 aliphatic heterocycles. The number of rotatable bonds is 6. The zero-order valence-electron chi connectivity index (χ0n) is 13.9. The first-order valence-electron chi connectivity index (χ1n) is 7.10. The predicted molar refractivity (Wildman–Crippen MR) is 91.8 cm³/mol. The average Bonchev–Trinajstić information content (AvgIpc) is 2.60. The molecule has 2 aromatic carbocycles. The summed E-state index contributed by atoms with van der Waals surface area (Å²) in [4.78, 5) is 22.5. The topological polar surface area (TPSA) is 112 Å². The molecule has 0 fully saturated rings. The number of non-ortho nitro benzene ring substituents is 1. The highest BCUT2D eigenvalue weighted by molar-refractivity contribution is 6.01. The molecule has 2 amide bonds. The van der Waals surface area contributed by atoms with E-state index in [-0.39, 0.29) is 11.4 Å². The van der Waals surface area contributed by atoms with Crippen molar-refractivity contribution < 1.29 is 23.9 Å². The quantitative estimate of drug-likeness (QED) is 0.613. The molecule has 0 atom stereocenters. The Morgan fingerprint density at radius 1 is 0.960 bits per heavy atom. The van der Waals surface area contributed by atoms with Crippen LogP contribution in [0.5, 0.6) is 17.2 Å². The molecule has 0 aliphatic rings. The molecule has 2 N–H and O–H groups in total. The second-order valence-corrected chi connectivity index (χ2v) is 4.82. The maximum atomic E-state index is 12.2. The van der Waals surface area contributed by atoms with Gasteiger partial charge in [0.25, 0.3) is 5.69 Å². The van der Waals surface area contributed by atoms with Crippen molar-refractivity contribution in [3.05, 3.63) is 46.5 Å². The van der Waals surface area contributed by atoms with Gasteiger partial charge in [-0.25, -0.2) is 4.79 Å². The summed E-state index contributed by atoms with van der Waals surface area (Å²) >= 11 is 0. The molecule has 132 valence electrons. The Morgan fingerprint density at radius 2 is 1.60 bits per heavy atom. The molecule has 9 nitrogen and oxygen atoms in total. The molecular formula is C16H17N3O6. The van der Waals surface area contributed by atoms with Crippen LogP contribution in [0.2, 0.25) is 0 Å². The standard InChI is InChI=1S/C16H17N3O6/c1-23-12-6-10(7-13(9-12)24-2)17-16(20)18-14-8-11(19(21)22)4-5-15(14)25-3/h4-9H,1-3H3,(H2,17,18,20). The Morgan fingerprint density at radius 3 is 2.12 bits per heavy atom. The lowest BCUT2D eigenvalue weighted by Crippen LogP contribution is -2.20. The number of urea groups is 1. The van der Waals surface area contributed by atoms with E-state index in [9.17, 15) is 14.9 Å². The van der Waals surface area contributed by atoms with E-state index in [2.05, 4.69) is 10.6 Å². The van der Waals surface area contributed by atoms with Gasteiger partial charge in [0.15, 0.2) is 0 Å². The maximum absolute atomic E-state index is 12.2. The van der Waals surface area contributed by atoms with E-state index in [0.29, 0.717) is 22.9 Å². The van der Waals surface area contributed by atoms with Crippen molar-refractivity contribution in [2.45, 2.75) is 0 Å². The fraction of sp³-hybridized carbons (Fsp3) is 0.188. The lowest BCUT2D eigenvalue weighted by molar-refractivity contribution is -0.384. The first-order chi connectivity index (χ1) is 12.0. The van der Waals surface area contributed by atoms with Gasteiger partial charge in [-0.15, -0.1) is 0 Å². The highest BCUT2D eigenvalue weighted by Crippen LogP contribution is 2.30. The minimum Gasteiger partial charge on any atom is -0.497 e. The van der Waals surface area contributed by atoms with Gasteiger partial charge in [0.1, 0.15) is 17.2 Å². The van der Waals surface area contributed by atoms with E-state index < -0.39 is 11.0 Å². The van der Waals surface area contributed by atoms with Crippen LogP contribution in [0.3, 0.4) is 0 Å². The van der Waals surface area contributed by atoms with Crippen LogP contribution < -0.4 is 24.8 Å². The van der Waals surface area contributed by atoms with E-state index in [0.717, 1.165) is 0 Å². The van der Waals surface area contributed by atoms with Crippen molar-refractivity contribution in [1.29, 1.82) is 0 Å². The fourth-order valence-electron chi connectivity index (χ4n) is 2.07. The molecule has 0 heterocycles. The molecule has 0 aromatic heterocycles. The van der Waals surface area contributed by atoms with Gasteiger partial charge in [-0.2, -0.15) is 0 Å². The SMILES string of the molecule is COc1cc(NC(=O)Nc2cc([N+](=O)[O-])ccc2OC)cc(OC)c1.